The van der Waals surface area contributed by atoms with Crippen molar-refractivity contribution in [3.05, 3.63) is 36.0 Å². The van der Waals surface area contributed by atoms with Crippen molar-refractivity contribution in [2.45, 2.75) is 46.3 Å². The lowest BCUT2D eigenvalue weighted by Crippen LogP contribution is -2.43. The highest BCUT2D eigenvalue weighted by Gasteiger charge is 2.24. The normalized spacial score (nSPS) is 16.0. The zero-order valence-corrected chi connectivity index (χ0v) is 17.3. The Morgan fingerprint density at radius 2 is 2.21 bits per heavy atom. The van der Waals surface area contributed by atoms with E-state index in [2.05, 4.69) is 18.8 Å². The third kappa shape index (κ3) is 4.79. The van der Waals surface area contributed by atoms with Gasteiger partial charge in [0.25, 0.3) is 0 Å². The third-order valence-electron chi connectivity index (χ3n) is 4.73. The lowest BCUT2D eigenvalue weighted by molar-refractivity contribution is 0.202. The molecule has 156 valence electrons. The molecule has 2 aromatic rings. The maximum Gasteiger partial charge on any atom is 0.412 e. The molecule has 0 saturated heterocycles. The van der Waals surface area contributed by atoms with Gasteiger partial charge in [-0.05, 0) is 49.9 Å². The molecule has 2 unspecified atom stereocenters. The molecule has 1 aromatic heterocycles. The average Bonchev–Trinajstić information content (AvgIpc) is 2.66. The Labute approximate surface area is 172 Å². The van der Waals surface area contributed by atoms with E-state index in [4.69, 9.17) is 16.6 Å². The van der Waals surface area contributed by atoms with Gasteiger partial charge in [-0.1, -0.05) is 13.8 Å². The molecule has 3 rings (SSSR count). The first kappa shape index (κ1) is 19.5. The highest BCUT2D eigenvalue weighted by atomic mass is 16.5. The molecule has 2 heterocycles. The summed E-state index contributed by atoms with van der Waals surface area (Å²) in [5.41, 5.74) is 8.09. The van der Waals surface area contributed by atoms with Crippen LogP contribution in [0.15, 0.2) is 30.5 Å². The summed E-state index contributed by atoms with van der Waals surface area (Å²) in [6, 6.07) is 7.15. The van der Waals surface area contributed by atoms with Crippen molar-refractivity contribution in [1.82, 2.24) is 4.98 Å². The molecule has 0 aliphatic carbocycles. The number of benzene rings is 1. The molecule has 3 N–H and O–H groups in total. The van der Waals surface area contributed by atoms with Crippen molar-refractivity contribution >= 4 is 11.9 Å². The molecule has 0 bridgehead atoms. The number of pyridine rings is 1. The zero-order valence-electron chi connectivity index (χ0n) is 18.3. The SMILES string of the molecule is [2H]C(Oc1ccc2c(c1)OCc1cnc(N(CC)C(=O)O)cc1-2)C(C)(N)CC(C)C. The van der Waals surface area contributed by atoms with Crippen LogP contribution in [-0.2, 0) is 6.61 Å². The highest BCUT2D eigenvalue weighted by Crippen LogP contribution is 2.40. The van der Waals surface area contributed by atoms with Gasteiger partial charge in [-0.15, -0.1) is 0 Å². The van der Waals surface area contributed by atoms with E-state index >= 15 is 0 Å². The number of rotatable bonds is 7. The molecule has 0 radical (unpaired) electrons. The van der Waals surface area contributed by atoms with Gasteiger partial charge in [0.1, 0.15) is 30.5 Å². The van der Waals surface area contributed by atoms with E-state index in [9.17, 15) is 9.90 Å². The molecular formula is C22H29N3O4. The van der Waals surface area contributed by atoms with Gasteiger partial charge in [0.15, 0.2) is 0 Å². The maximum atomic E-state index is 11.5. The Morgan fingerprint density at radius 3 is 2.86 bits per heavy atom. The summed E-state index contributed by atoms with van der Waals surface area (Å²) in [7, 11) is 0. The summed E-state index contributed by atoms with van der Waals surface area (Å²) in [5, 5.41) is 9.38. The van der Waals surface area contributed by atoms with Crippen LogP contribution in [0.1, 0.15) is 41.0 Å². The molecule has 1 aliphatic rings. The van der Waals surface area contributed by atoms with Crippen LogP contribution in [0.25, 0.3) is 11.1 Å². The van der Waals surface area contributed by atoms with Gasteiger partial charge in [0.05, 0.1) is 1.37 Å². The molecule has 0 spiro atoms. The van der Waals surface area contributed by atoms with Crippen molar-refractivity contribution < 1.29 is 20.7 Å². The second kappa shape index (κ2) is 8.29. The van der Waals surface area contributed by atoms with Crippen molar-refractivity contribution in [3.63, 3.8) is 0 Å². The molecule has 7 nitrogen and oxygen atoms in total. The third-order valence-corrected chi connectivity index (χ3v) is 4.73. The minimum Gasteiger partial charge on any atom is -0.492 e. The van der Waals surface area contributed by atoms with Crippen LogP contribution in [0, 0.1) is 5.92 Å². The molecule has 2 atom stereocenters. The van der Waals surface area contributed by atoms with E-state index in [0.717, 1.165) is 16.7 Å². The fourth-order valence-electron chi connectivity index (χ4n) is 3.59. The fourth-order valence-corrected chi connectivity index (χ4v) is 3.59. The Bertz CT molecular complexity index is 933. The minimum atomic E-state index is -1.05. The number of ether oxygens (including phenoxy) is 2. The minimum absolute atomic E-state index is 0.302. The zero-order chi connectivity index (χ0) is 22.1. The van der Waals surface area contributed by atoms with Gasteiger partial charge < -0.3 is 20.3 Å². The molecule has 7 heteroatoms. The van der Waals surface area contributed by atoms with Gasteiger partial charge in [0.2, 0.25) is 0 Å². The summed E-state index contributed by atoms with van der Waals surface area (Å²) >= 11 is 0. The topological polar surface area (TPSA) is 97.9 Å². The molecule has 0 saturated carbocycles. The summed E-state index contributed by atoms with van der Waals surface area (Å²) < 4.78 is 20.0. The summed E-state index contributed by atoms with van der Waals surface area (Å²) in [4.78, 5) is 16.9. The van der Waals surface area contributed by atoms with E-state index in [1.165, 1.54) is 4.90 Å². The van der Waals surface area contributed by atoms with Gasteiger partial charge in [-0.2, -0.15) is 0 Å². The number of amides is 1. The van der Waals surface area contributed by atoms with Crippen LogP contribution in [0.3, 0.4) is 0 Å². The predicted molar refractivity (Wildman–Crippen MR) is 113 cm³/mol. The number of aromatic nitrogens is 1. The predicted octanol–water partition coefficient (Wildman–Crippen LogP) is 4.29. The van der Waals surface area contributed by atoms with E-state index in [-0.39, 0.29) is 0 Å². The average molecular weight is 400 g/mol. The number of hydrogen-bond donors (Lipinski definition) is 2. The van der Waals surface area contributed by atoms with E-state index in [0.29, 0.717) is 42.8 Å². The van der Waals surface area contributed by atoms with Crippen molar-refractivity contribution in [3.8, 4) is 22.6 Å². The fraction of sp³-hybridized carbons (Fsp3) is 0.455. The Kier molecular flexibility index (Phi) is 5.58. The van der Waals surface area contributed by atoms with Crippen LogP contribution in [-0.4, -0.2) is 34.9 Å². The number of nitrogens with zero attached hydrogens (tertiary/aromatic N) is 2. The highest BCUT2D eigenvalue weighted by molar-refractivity contribution is 5.87. The summed E-state index contributed by atoms with van der Waals surface area (Å²) in [6.45, 7) is 7.42. The van der Waals surface area contributed by atoms with Crippen LogP contribution < -0.4 is 20.1 Å². The standard InChI is InChI=1S/C22H29N3O4/c1-5-25(21(26)27)20-9-18-15(11-24-20)12-28-19-8-16(6-7-17(18)19)29-13-22(4,23)10-14(2)3/h6-9,11,14H,5,10,12-13,23H2,1-4H3,(H,26,27)/i13D. The Morgan fingerprint density at radius 1 is 1.45 bits per heavy atom. The van der Waals surface area contributed by atoms with Crippen LogP contribution >= 0.6 is 0 Å². The van der Waals surface area contributed by atoms with Crippen LogP contribution in [0.2, 0.25) is 0 Å². The number of anilines is 1. The first-order valence-electron chi connectivity index (χ1n) is 10.3. The first-order chi connectivity index (χ1) is 14.1. The molecule has 1 aromatic carbocycles. The van der Waals surface area contributed by atoms with E-state index in [1.54, 1.807) is 31.3 Å². The quantitative estimate of drug-likeness (QED) is 0.719. The van der Waals surface area contributed by atoms with Gasteiger partial charge in [-0.3, -0.25) is 4.90 Å². The van der Waals surface area contributed by atoms with Gasteiger partial charge in [-0.25, -0.2) is 9.78 Å². The molecular weight excluding hydrogens is 370 g/mol. The molecule has 1 aliphatic heterocycles. The molecule has 0 fully saturated rings. The maximum absolute atomic E-state index is 11.5. The number of fused-ring (bicyclic) bond motifs is 3. The van der Waals surface area contributed by atoms with Crippen molar-refractivity contribution in [1.29, 1.82) is 0 Å². The van der Waals surface area contributed by atoms with Crippen molar-refractivity contribution in [2.75, 3.05) is 18.0 Å². The second-order valence-corrected chi connectivity index (χ2v) is 8.01. The van der Waals surface area contributed by atoms with Gasteiger partial charge in [0, 0.05) is 35.5 Å². The lowest BCUT2D eigenvalue weighted by Gasteiger charge is -2.27. The number of hydrogen-bond acceptors (Lipinski definition) is 5. The first-order valence-corrected chi connectivity index (χ1v) is 9.76. The second-order valence-electron chi connectivity index (χ2n) is 8.01. The number of carbonyl (C=O) groups is 1. The Hall–Kier alpha value is -2.80. The van der Waals surface area contributed by atoms with Gasteiger partial charge >= 0.3 is 6.09 Å². The molecule has 29 heavy (non-hydrogen) atoms. The van der Waals surface area contributed by atoms with E-state index < -0.39 is 18.2 Å². The summed E-state index contributed by atoms with van der Waals surface area (Å²) in [6.07, 6.45) is 1.27. The largest absolute Gasteiger partial charge is 0.492 e. The smallest absolute Gasteiger partial charge is 0.412 e. The van der Waals surface area contributed by atoms with Crippen molar-refractivity contribution in [2.24, 2.45) is 11.7 Å². The molecule has 1 amide bonds. The van der Waals surface area contributed by atoms with Crippen LogP contribution in [0.4, 0.5) is 10.6 Å². The lowest BCUT2D eigenvalue weighted by atomic mass is 9.93. The Balaban J connectivity index is 1.88. The van der Waals surface area contributed by atoms with E-state index in [1.807, 2.05) is 13.0 Å². The van der Waals surface area contributed by atoms with Crippen LogP contribution in [0.5, 0.6) is 11.5 Å². The monoisotopic (exact) mass is 400 g/mol. The summed E-state index contributed by atoms with van der Waals surface area (Å²) in [5.74, 6) is 1.85. The number of nitrogens with two attached hydrogens (primary N) is 1. The number of carboxylic acid groups (broad SMARTS) is 1.